The van der Waals surface area contributed by atoms with Crippen molar-refractivity contribution in [3.8, 4) is 10.8 Å². The molecule has 1 aromatic carbocycles. The molecule has 5 nitrogen and oxygen atoms in total. The van der Waals surface area contributed by atoms with Crippen molar-refractivity contribution in [1.82, 2.24) is 15.0 Å². The van der Waals surface area contributed by atoms with Gasteiger partial charge in [-0.05, 0) is 24.1 Å². The van der Waals surface area contributed by atoms with Crippen LogP contribution in [0.25, 0.3) is 21.9 Å². The first-order valence-electron chi connectivity index (χ1n) is 6.50. The number of benzene rings is 1. The average Bonchev–Trinajstić information content (AvgIpc) is 3.12. The first kappa shape index (κ1) is 11.6. The molecule has 1 unspecified atom stereocenters. The second kappa shape index (κ2) is 4.14. The minimum atomic E-state index is -0.0546. The Morgan fingerprint density at radius 3 is 3.05 bits per heavy atom. The highest BCUT2D eigenvalue weighted by Crippen LogP contribution is 2.37. The standard InChI is InChI=1S/C14H12N4OS/c1-2-7-8-5-10-11(6-9(8)18-13(7)19)17-12(16-10)14-15-3-4-20-14/h3-7H,2H2,1H3,(H,16,17)(H,18,19). The molecule has 1 aliphatic rings. The molecule has 0 bridgehead atoms. The van der Waals surface area contributed by atoms with E-state index in [9.17, 15) is 4.79 Å². The van der Waals surface area contributed by atoms with Crippen LogP contribution in [0.15, 0.2) is 23.7 Å². The zero-order chi connectivity index (χ0) is 13.7. The van der Waals surface area contributed by atoms with Crippen molar-refractivity contribution in [1.29, 1.82) is 0 Å². The molecule has 100 valence electrons. The maximum atomic E-state index is 11.9. The van der Waals surface area contributed by atoms with E-state index in [1.807, 2.05) is 24.4 Å². The molecule has 2 aromatic heterocycles. The number of nitrogens with zero attached hydrogens (tertiary/aromatic N) is 2. The highest BCUT2D eigenvalue weighted by molar-refractivity contribution is 7.13. The molecule has 20 heavy (non-hydrogen) atoms. The van der Waals surface area contributed by atoms with Crippen LogP contribution < -0.4 is 5.32 Å². The number of rotatable bonds is 2. The van der Waals surface area contributed by atoms with Crippen molar-refractivity contribution in [2.45, 2.75) is 19.3 Å². The smallest absolute Gasteiger partial charge is 0.231 e. The van der Waals surface area contributed by atoms with Crippen LogP contribution in [0.5, 0.6) is 0 Å². The molecule has 0 spiro atoms. The number of imidazole rings is 1. The number of H-pyrrole nitrogens is 1. The molecule has 0 aliphatic carbocycles. The number of aromatic nitrogens is 3. The zero-order valence-electron chi connectivity index (χ0n) is 10.8. The van der Waals surface area contributed by atoms with Gasteiger partial charge in [-0.1, -0.05) is 6.92 Å². The Morgan fingerprint density at radius 2 is 2.30 bits per heavy atom. The molecular weight excluding hydrogens is 272 g/mol. The van der Waals surface area contributed by atoms with E-state index in [-0.39, 0.29) is 11.8 Å². The average molecular weight is 284 g/mol. The molecule has 4 rings (SSSR count). The molecule has 3 heterocycles. The van der Waals surface area contributed by atoms with E-state index in [0.29, 0.717) is 0 Å². The fraction of sp³-hybridized carbons (Fsp3) is 0.214. The van der Waals surface area contributed by atoms with Gasteiger partial charge in [0.25, 0.3) is 0 Å². The maximum absolute atomic E-state index is 11.9. The van der Waals surface area contributed by atoms with E-state index in [4.69, 9.17) is 0 Å². The monoisotopic (exact) mass is 284 g/mol. The van der Waals surface area contributed by atoms with Crippen molar-refractivity contribution >= 4 is 34.0 Å². The molecule has 3 aromatic rings. The molecule has 0 radical (unpaired) electrons. The van der Waals surface area contributed by atoms with Gasteiger partial charge in [-0.2, -0.15) is 0 Å². The third kappa shape index (κ3) is 1.58. The normalized spacial score (nSPS) is 17.4. The zero-order valence-corrected chi connectivity index (χ0v) is 11.6. The number of fused-ring (bicyclic) bond motifs is 2. The minimum absolute atomic E-state index is 0.0546. The van der Waals surface area contributed by atoms with Crippen LogP contribution in [0.2, 0.25) is 0 Å². The lowest BCUT2D eigenvalue weighted by molar-refractivity contribution is -0.117. The first-order chi connectivity index (χ1) is 9.76. The Kier molecular flexibility index (Phi) is 2.40. The number of anilines is 1. The molecule has 0 saturated heterocycles. The molecule has 2 N–H and O–H groups in total. The number of thiazole rings is 1. The van der Waals surface area contributed by atoms with Crippen molar-refractivity contribution in [3.63, 3.8) is 0 Å². The quantitative estimate of drug-likeness (QED) is 0.759. The number of carbonyl (C=O) groups excluding carboxylic acids is 1. The molecule has 6 heteroatoms. The number of nitrogens with one attached hydrogen (secondary N) is 2. The van der Waals surface area contributed by atoms with Gasteiger partial charge in [0, 0.05) is 17.3 Å². The fourth-order valence-electron chi connectivity index (χ4n) is 2.68. The second-order valence-corrected chi connectivity index (χ2v) is 5.72. The highest BCUT2D eigenvalue weighted by Gasteiger charge is 2.29. The number of amides is 1. The number of hydrogen-bond acceptors (Lipinski definition) is 4. The summed E-state index contributed by atoms with van der Waals surface area (Å²) in [5, 5.41) is 5.73. The summed E-state index contributed by atoms with van der Waals surface area (Å²) in [4.78, 5) is 24.0. The summed E-state index contributed by atoms with van der Waals surface area (Å²) in [6, 6.07) is 3.96. The van der Waals surface area contributed by atoms with E-state index in [1.165, 1.54) is 0 Å². The molecule has 1 aliphatic heterocycles. The van der Waals surface area contributed by atoms with Gasteiger partial charge in [-0.25, -0.2) is 9.97 Å². The van der Waals surface area contributed by atoms with Crippen LogP contribution in [0.1, 0.15) is 24.8 Å². The topological polar surface area (TPSA) is 70.7 Å². The largest absolute Gasteiger partial charge is 0.336 e. The van der Waals surface area contributed by atoms with Gasteiger partial charge in [0.05, 0.1) is 17.0 Å². The van der Waals surface area contributed by atoms with E-state index >= 15 is 0 Å². The van der Waals surface area contributed by atoms with Crippen LogP contribution in [0.3, 0.4) is 0 Å². The van der Waals surface area contributed by atoms with Gasteiger partial charge < -0.3 is 10.3 Å². The summed E-state index contributed by atoms with van der Waals surface area (Å²) >= 11 is 1.55. The Labute approximate surface area is 119 Å². The third-order valence-electron chi connectivity index (χ3n) is 3.65. The SMILES string of the molecule is CCC1C(=O)Nc2cc3nc(-c4nccs4)[nH]c3cc21. The summed E-state index contributed by atoms with van der Waals surface area (Å²) in [5.74, 6) is 0.800. The summed E-state index contributed by atoms with van der Waals surface area (Å²) in [5.41, 5.74) is 3.74. The summed E-state index contributed by atoms with van der Waals surface area (Å²) < 4.78 is 0. The summed E-state index contributed by atoms with van der Waals surface area (Å²) in [6.45, 7) is 2.03. The second-order valence-electron chi connectivity index (χ2n) is 4.83. The minimum Gasteiger partial charge on any atom is -0.336 e. The predicted molar refractivity (Wildman–Crippen MR) is 78.9 cm³/mol. The first-order valence-corrected chi connectivity index (χ1v) is 7.38. The Balaban J connectivity index is 1.88. The van der Waals surface area contributed by atoms with Crippen molar-refractivity contribution in [3.05, 3.63) is 29.3 Å². The van der Waals surface area contributed by atoms with Gasteiger partial charge in [0.2, 0.25) is 5.91 Å². The van der Waals surface area contributed by atoms with E-state index in [1.54, 1.807) is 17.5 Å². The predicted octanol–water partition coefficient (Wildman–Crippen LogP) is 3.13. The van der Waals surface area contributed by atoms with Crippen molar-refractivity contribution in [2.24, 2.45) is 0 Å². The van der Waals surface area contributed by atoms with Gasteiger partial charge in [0.15, 0.2) is 10.8 Å². The third-order valence-corrected chi connectivity index (χ3v) is 4.43. The van der Waals surface area contributed by atoms with E-state index < -0.39 is 0 Å². The lowest BCUT2D eigenvalue weighted by Crippen LogP contribution is -2.10. The lowest BCUT2D eigenvalue weighted by atomic mass is 9.98. The Morgan fingerprint density at radius 1 is 1.40 bits per heavy atom. The molecule has 1 amide bonds. The number of aromatic amines is 1. The van der Waals surface area contributed by atoms with Gasteiger partial charge in [0.1, 0.15) is 0 Å². The lowest BCUT2D eigenvalue weighted by Gasteiger charge is -2.03. The van der Waals surface area contributed by atoms with E-state index in [0.717, 1.165) is 39.5 Å². The molecule has 0 fully saturated rings. The van der Waals surface area contributed by atoms with E-state index in [2.05, 4.69) is 20.3 Å². The number of hydrogen-bond donors (Lipinski definition) is 2. The summed E-state index contributed by atoms with van der Waals surface area (Å²) in [6.07, 6.45) is 2.57. The van der Waals surface area contributed by atoms with Crippen molar-refractivity contribution in [2.75, 3.05) is 5.32 Å². The van der Waals surface area contributed by atoms with Crippen molar-refractivity contribution < 1.29 is 4.79 Å². The molecule has 1 atom stereocenters. The molecule has 0 saturated carbocycles. The van der Waals surface area contributed by atoms with Crippen LogP contribution in [-0.4, -0.2) is 20.9 Å². The van der Waals surface area contributed by atoms with Gasteiger partial charge in [-0.3, -0.25) is 4.79 Å². The van der Waals surface area contributed by atoms with Crippen LogP contribution in [-0.2, 0) is 4.79 Å². The van der Waals surface area contributed by atoms with Crippen LogP contribution >= 0.6 is 11.3 Å². The highest BCUT2D eigenvalue weighted by atomic mass is 32.1. The van der Waals surface area contributed by atoms with Crippen LogP contribution in [0, 0.1) is 0 Å². The Hall–Kier alpha value is -2.21. The van der Waals surface area contributed by atoms with Gasteiger partial charge in [-0.15, -0.1) is 11.3 Å². The maximum Gasteiger partial charge on any atom is 0.231 e. The Bertz CT molecular complexity index is 806. The molecular formula is C14H12N4OS. The van der Waals surface area contributed by atoms with Crippen LogP contribution in [0.4, 0.5) is 5.69 Å². The fourth-order valence-corrected chi connectivity index (χ4v) is 3.26. The number of carbonyl (C=O) groups is 1. The van der Waals surface area contributed by atoms with Gasteiger partial charge >= 0.3 is 0 Å². The summed E-state index contributed by atoms with van der Waals surface area (Å²) in [7, 11) is 0.